The molecule has 0 bridgehead atoms. The molecule has 1 aliphatic heterocycles. The number of thiophene rings is 1. The van der Waals surface area contributed by atoms with Gasteiger partial charge in [0, 0.05) is 55.0 Å². The van der Waals surface area contributed by atoms with Crippen molar-refractivity contribution >= 4 is 23.2 Å². The maximum Gasteiger partial charge on any atom is 0.256 e. The van der Waals surface area contributed by atoms with Crippen LogP contribution in [0, 0.1) is 0 Å². The van der Waals surface area contributed by atoms with Crippen molar-refractivity contribution in [2.24, 2.45) is 5.73 Å². The van der Waals surface area contributed by atoms with Crippen LogP contribution in [0.2, 0.25) is 0 Å². The van der Waals surface area contributed by atoms with E-state index >= 15 is 0 Å². The number of aromatic nitrogens is 1. The van der Waals surface area contributed by atoms with Gasteiger partial charge < -0.3 is 16.0 Å². The van der Waals surface area contributed by atoms with Crippen LogP contribution in [0.3, 0.4) is 0 Å². The second-order valence-electron chi connectivity index (χ2n) is 10.5. The molecule has 8 heteroatoms. The molecule has 1 aliphatic carbocycles. The molecule has 1 unspecified atom stereocenters. The second kappa shape index (κ2) is 12.7. The number of nitrogens with two attached hydrogens (primary N) is 1. The normalized spacial score (nSPS) is 23.8. The number of carbonyl (C=O) groups excluding carboxylic acids is 2. The highest BCUT2D eigenvalue weighted by molar-refractivity contribution is 7.09. The fourth-order valence-electron chi connectivity index (χ4n) is 5.72. The van der Waals surface area contributed by atoms with Crippen molar-refractivity contribution in [3.05, 3.63) is 88.4 Å². The van der Waals surface area contributed by atoms with E-state index in [4.69, 9.17) is 5.73 Å². The number of hydrogen-bond donors (Lipinski definition) is 2. The molecule has 3 N–H and O–H groups in total. The van der Waals surface area contributed by atoms with Gasteiger partial charge in [0.2, 0.25) is 5.91 Å². The van der Waals surface area contributed by atoms with E-state index in [1.807, 2.05) is 6.07 Å². The van der Waals surface area contributed by atoms with Crippen LogP contribution in [-0.2, 0) is 17.9 Å². The van der Waals surface area contributed by atoms with Crippen LogP contribution in [0.15, 0.2) is 72.4 Å². The Hall–Kier alpha value is -3.07. The van der Waals surface area contributed by atoms with E-state index < -0.39 is 6.04 Å². The Kier molecular flexibility index (Phi) is 8.83. The molecule has 1 aromatic carbocycles. The average molecular weight is 532 g/mol. The van der Waals surface area contributed by atoms with Gasteiger partial charge in [-0.25, -0.2) is 0 Å². The molecule has 2 aliphatic rings. The molecule has 38 heavy (non-hydrogen) atoms. The number of piperidine rings is 1. The van der Waals surface area contributed by atoms with Gasteiger partial charge in [-0.3, -0.25) is 19.5 Å². The SMILES string of the molecule is NC1CCC(NC(=O)[C@H]2CC(N(Cc3ccccc3)Cc3cccs3)CCN2C(=O)c2cccnc2)CC1. The first-order valence-electron chi connectivity index (χ1n) is 13.6. The minimum Gasteiger partial charge on any atom is -0.352 e. The van der Waals surface area contributed by atoms with Gasteiger partial charge in [-0.05, 0) is 67.7 Å². The third kappa shape index (κ3) is 6.67. The van der Waals surface area contributed by atoms with E-state index in [9.17, 15) is 9.59 Å². The molecule has 2 amide bonds. The molecule has 3 aromatic rings. The zero-order valence-electron chi connectivity index (χ0n) is 21.7. The van der Waals surface area contributed by atoms with Gasteiger partial charge in [0.1, 0.15) is 6.04 Å². The minimum atomic E-state index is -0.529. The number of benzene rings is 1. The maximum atomic E-state index is 13.8. The molecule has 1 saturated carbocycles. The van der Waals surface area contributed by atoms with Gasteiger partial charge in [0.25, 0.3) is 5.91 Å². The molecule has 2 fully saturated rings. The van der Waals surface area contributed by atoms with Crippen molar-refractivity contribution in [2.45, 2.75) is 75.8 Å². The fourth-order valence-corrected chi connectivity index (χ4v) is 6.45. The van der Waals surface area contributed by atoms with Crippen LogP contribution in [-0.4, -0.2) is 57.3 Å². The first-order valence-corrected chi connectivity index (χ1v) is 14.5. The smallest absolute Gasteiger partial charge is 0.256 e. The number of rotatable bonds is 8. The van der Waals surface area contributed by atoms with Gasteiger partial charge in [-0.2, -0.15) is 0 Å². The quantitative estimate of drug-likeness (QED) is 0.455. The number of nitrogens with zero attached hydrogens (tertiary/aromatic N) is 3. The Morgan fingerprint density at radius 3 is 2.53 bits per heavy atom. The summed E-state index contributed by atoms with van der Waals surface area (Å²) in [6.07, 6.45) is 8.27. The molecule has 5 rings (SSSR count). The highest BCUT2D eigenvalue weighted by atomic mass is 32.1. The lowest BCUT2D eigenvalue weighted by atomic mass is 9.90. The molecule has 7 nitrogen and oxygen atoms in total. The van der Waals surface area contributed by atoms with Crippen LogP contribution < -0.4 is 11.1 Å². The Morgan fingerprint density at radius 2 is 1.82 bits per heavy atom. The predicted molar refractivity (Wildman–Crippen MR) is 150 cm³/mol. The lowest BCUT2D eigenvalue weighted by Crippen LogP contribution is -2.58. The highest BCUT2D eigenvalue weighted by Gasteiger charge is 2.39. The van der Waals surface area contributed by atoms with Gasteiger partial charge >= 0.3 is 0 Å². The number of likely N-dealkylation sites (tertiary alicyclic amines) is 1. The summed E-state index contributed by atoms with van der Waals surface area (Å²) in [6.45, 7) is 2.15. The van der Waals surface area contributed by atoms with E-state index in [0.717, 1.165) is 45.2 Å². The molecular weight excluding hydrogens is 494 g/mol. The standard InChI is InChI=1S/C30H37N5O2S/c31-24-10-12-25(13-11-24)33-29(36)28-18-26(14-16-35(28)30(37)23-8-4-15-32-19-23)34(21-27-9-5-17-38-27)20-22-6-2-1-3-7-22/h1-9,15,17,19,24-26,28H,10-14,16,18,20-21,31H2,(H,33,36)/t24?,25?,26?,28-/m1/s1. The summed E-state index contributed by atoms with van der Waals surface area (Å²) >= 11 is 1.76. The second-order valence-corrected chi connectivity index (χ2v) is 11.6. The zero-order valence-corrected chi connectivity index (χ0v) is 22.6. The number of nitrogens with one attached hydrogen (secondary N) is 1. The Morgan fingerprint density at radius 1 is 1.00 bits per heavy atom. The van der Waals surface area contributed by atoms with E-state index in [0.29, 0.717) is 18.5 Å². The van der Waals surface area contributed by atoms with Crippen LogP contribution in [0.4, 0.5) is 0 Å². The molecule has 3 heterocycles. The average Bonchev–Trinajstić information content (AvgIpc) is 3.47. The van der Waals surface area contributed by atoms with Gasteiger partial charge in [-0.1, -0.05) is 36.4 Å². The summed E-state index contributed by atoms with van der Waals surface area (Å²) in [7, 11) is 0. The lowest BCUT2D eigenvalue weighted by Gasteiger charge is -2.43. The summed E-state index contributed by atoms with van der Waals surface area (Å²) in [5.41, 5.74) is 7.86. The molecule has 200 valence electrons. The van der Waals surface area contributed by atoms with Crippen molar-refractivity contribution < 1.29 is 9.59 Å². The summed E-state index contributed by atoms with van der Waals surface area (Å²) in [5.74, 6) is -0.182. The maximum absolute atomic E-state index is 13.8. The summed E-state index contributed by atoms with van der Waals surface area (Å²) in [4.78, 5) is 37.0. The first-order chi connectivity index (χ1) is 18.6. The Bertz CT molecular complexity index is 1170. The molecule has 2 atom stereocenters. The molecule has 2 aromatic heterocycles. The highest BCUT2D eigenvalue weighted by Crippen LogP contribution is 2.28. The fraction of sp³-hybridized carbons (Fsp3) is 0.433. The van der Waals surface area contributed by atoms with Crippen molar-refractivity contribution in [2.75, 3.05) is 6.54 Å². The van der Waals surface area contributed by atoms with Crippen molar-refractivity contribution in [3.63, 3.8) is 0 Å². The topological polar surface area (TPSA) is 91.6 Å². The third-order valence-electron chi connectivity index (χ3n) is 7.85. The van der Waals surface area contributed by atoms with Crippen molar-refractivity contribution in [1.82, 2.24) is 20.1 Å². The Labute approximate surface area is 229 Å². The van der Waals surface area contributed by atoms with E-state index in [2.05, 4.69) is 57.0 Å². The molecule has 0 spiro atoms. The van der Waals surface area contributed by atoms with Crippen LogP contribution >= 0.6 is 11.3 Å². The summed E-state index contributed by atoms with van der Waals surface area (Å²) in [5, 5.41) is 5.39. The van der Waals surface area contributed by atoms with E-state index in [-0.39, 0.29) is 29.9 Å². The van der Waals surface area contributed by atoms with Crippen LogP contribution in [0.1, 0.15) is 59.3 Å². The van der Waals surface area contributed by atoms with E-state index in [1.165, 1.54) is 10.4 Å². The van der Waals surface area contributed by atoms with Gasteiger partial charge in [-0.15, -0.1) is 11.3 Å². The van der Waals surface area contributed by atoms with Gasteiger partial charge in [0.05, 0.1) is 5.56 Å². The Balaban J connectivity index is 1.37. The predicted octanol–water partition coefficient (Wildman–Crippen LogP) is 4.20. The lowest BCUT2D eigenvalue weighted by molar-refractivity contribution is -0.128. The number of carbonyl (C=O) groups is 2. The van der Waals surface area contributed by atoms with Gasteiger partial charge in [0.15, 0.2) is 0 Å². The van der Waals surface area contributed by atoms with Crippen LogP contribution in [0.5, 0.6) is 0 Å². The minimum absolute atomic E-state index is 0.0526. The molecule has 0 radical (unpaired) electrons. The summed E-state index contributed by atoms with van der Waals surface area (Å²) < 4.78 is 0. The summed E-state index contributed by atoms with van der Waals surface area (Å²) in [6, 6.07) is 18.3. The van der Waals surface area contributed by atoms with Crippen molar-refractivity contribution in [3.8, 4) is 0 Å². The first kappa shape index (κ1) is 26.5. The number of amides is 2. The third-order valence-corrected chi connectivity index (χ3v) is 8.71. The molecular formula is C30H37N5O2S. The molecule has 1 saturated heterocycles. The largest absolute Gasteiger partial charge is 0.352 e. The van der Waals surface area contributed by atoms with Crippen molar-refractivity contribution in [1.29, 1.82) is 0 Å². The number of pyridine rings is 1. The monoisotopic (exact) mass is 531 g/mol. The van der Waals surface area contributed by atoms with Crippen LogP contribution in [0.25, 0.3) is 0 Å². The number of hydrogen-bond acceptors (Lipinski definition) is 6. The van der Waals surface area contributed by atoms with E-state index in [1.54, 1.807) is 40.8 Å². The zero-order chi connectivity index (χ0) is 26.3.